The number of amides is 3. The van der Waals surface area contributed by atoms with Crippen LogP contribution in [0.5, 0.6) is 0 Å². The van der Waals surface area contributed by atoms with Crippen molar-refractivity contribution in [2.75, 3.05) is 43.1 Å². The quantitative estimate of drug-likeness (QED) is 0.823. The Labute approximate surface area is 162 Å². The van der Waals surface area contributed by atoms with E-state index in [-0.39, 0.29) is 6.54 Å². The molecule has 2 aromatic rings. The van der Waals surface area contributed by atoms with E-state index in [0.29, 0.717) is 30.0 Å². The molecule has 3 amide bonds. The third-order valence-electron chi connectivity index (χ3n) is 5.05. The highest BCUT2D eigenvalue weighted by atomic mass is 16.5. The van der Waals surface area contributed by atoms with E-state index >= 15 is 0 Å². The average molecular weight is 379 g/mol. The summed E-state index contributed by atoms with van der Waals surface area (Å²) >= 11 is 0. The fourth-order valence-corrected chi connectivity index (χ4v) is 3.48. The third kappa shape index (κ3) is 3.36. The summed E-state index contributed by atoms with van der Waals surface area (Å²) in [6, 6.07) is 12.5. The molecular weight excluding hydrogens is 358 g/mol. The SMILES string of the molecule is Cc1ccc(N2CCOCC2)cc1NC(=O)CN1C(=O)c2ccccc2C1=O. The summed E-state index contributed by atoms with van der Waals surface area (Å²) in [5.74, 6) is -1.28. The van der Waals surface area contributed by atoms with Gasteiger partial charge in [0.1, 0.15) is 6.54 Å². The van der Waals surface area contributed by atoms with Crippen LogP contribution in [0.4, 0.5) is 11.4 Å². The van der Waals surface area contributed by atoms with Crippen LogP contribution in [0.2, 0.25) is 0 Å². The van der Waals surface area contributed by atoms with E-state index in [1.807, 2.05) is 25.1 Å². The number of nitrogens with one attached hydrogen (secondary N) is 1. The fraction of sp³-hybridized carbons (Fsp3) is 0.286. The number of imide groups is 1. The Morgan fingerprint density at radius 3 is 2.32 bits per heavy atom. The van der Waals surface area contributed by atoms with E-state index in [0.717, 1.165) is 29.2 Å². The molecular formula is C21H21N3O4. The zero-order valence-electron chi connectivity index (χ0n) is 15.6. The molecule has 144 valence electrons. The molecule has 2 aliphatic rings. The van der Waals surface area contributed by atoms with Crippen molar-refractivity contribution in [3.05, 3.63) is 59.2 Å². The maximum absolute atomic E-state index is 12.6. The van der Waals surface area contributed by atoms with Crippen molar-refractivity contribution in [2.45, 2.75) is 6.92 Å². The van der Waals surface area contributed by atoms with Crippen molar-refractivity contribution in [3.8, 4) is 0 Å². The predicted octanol–water partition coefficient (Wildman–Crippen LogP) is 2.07. The highest BCUT2D eigenvalue weighted by Gasteiger charge is 2.36. The van der Waals surface area contributed by atoms with Gasteiger partial charge in [-0.15, -0.1) is 0 Å². The number of rotatable bonds is 4. The number of benzene rings is 2. The van der Waals surface area contributed by atoms with Crippen molar-refractivity contribution in [3.63, 3.8) is 0 Å². The highest BCUT2D eigenvalue weighted by molar-refractivity contribution is 6.22. The van der Waals surface area contributed by atoms with Gasteiger partial charge in [0.25, 0.3) is 11.8 Å². The van der Waals surface area contributed by atoms with Gasteiger partial charge in [-0.25, -0.2) is 0 Å². The van der Waals surface area contributed by atoms with Crippen molar-refractivity contribution in [1.29, 1.82) is 0 Å². The Kier molecular flexibility index (Phi) is 4.83. The van der Waals surface area contributed by atoms with Gasteiger partial charge in [0.2, 0.25) is 5.91 Å². The molecule has 0 atom stereocenters. The molecule has 2 aromatic carbocycles. The molecule has 0 unspecified atom stereocenters. The van der Waals surface area contributed by atoms with Crippen LogP contribution >= 0.6 is 0 Å². The Morgan fingerprint density at radius 2 is 1.68 bits per heavy atom. The number of ether oxygens (including phenoxy) is 1. The number of aryl methyl sites for hydroxylation is 1. The summed E-state index contributed by atoms with van der Waals surface area (Å²) in [7, 11) is 0. The highest BCUT2D eigenvalue weighted by Crippen LogP contribution is 2.25. The fourth-order valence-electron chi connectivity index (χ4n) is 3.48. The lowest BCUT2D eigenvalue weighted by molar-refractivity contribution is -0.116. The van der Waals surface area contributed by atoms with Crippen molar-refractivity contribution >= 4 is 29.1 Å². The zero-order chi connectivity index (χ0) is 19.7. The van der Waals surface area contributed by atoms with Crippen LogP contribution in [-0.4, -0.2) is 55.5 Å². The van der Waals surface area contributed by atoms with Gasteiger partial charge in [-0.2, -0.15) is 0 Å². The van der Waals surface area contributed by atoms with Gasteiger partial charge < -0.3 is 15.0 Å². The molecule has 1 fully saturated rings. The third-order valence-corrected chi connectivity index (χ3v) is 5.05. The number of carbonyl (C=O) groups excluding carboxylic acids is 3. The summed E-state index contributed by atoms with van der Waals surface area (Å²) in [4.78, 5) is 40.6. The van der Waals surface area contributed by atoms with Gasteiger partial charge in [-0.1, -0.05) is 18.2 Å². The lowest BCUT2D eigenvalue weighted by atomic mass is 10.1. The number of carbonyl (C=O) groups is 3. The Morgan fingerprint density at radius 1 is 1.04 bits per heavy atom. The van der Waals surface area contributed by atoms with Crippen LogP contribution in [0.1, 0.15) is 26.3 Å². The van der Waals surface area contributed by atoms with Crippen LogP contribution in [0.3, 0.4) is 0 Å². The van der Waals surface area contributed by atoms with Gasteiger partial charge in [0, 0.05) is 24.5 Å². The number of anilines is 2. The molecule has 28 heavy (non-hydrogen) atoms. The van der Waals surface area contributed by atoms with E-state index in [9.17, 15) is 14.4 Å². The second kappa shape index (κ2) is 7.44. The molecule has 0 radical (unpaired) electrons. The Balaban J connectivity index is 1.47. The monoisotopic (exact) mass is 379 g/mol. The lowest BCUT2D eigenvalue weighted by Gasteiger charge is -2.29. The van der Waals surface area contributed by atoms with E-state index in [2.05, 4.69) is 10.2 Å². The van der Waals surface area contributed by atoms with E-state index in [1.165, 1.54) is 0 Å². The van der Waals surface area contributed by atoms with Gasteiger partial charge in [-0.05, 0) is 36.8 Å². The molecule has 1 N–H and O–H groups in total. The molecule has 0 aliphatic carbocycles. The van der Waals surface area contributed by atoms with Crippen LogP contribution in [0, 0.1) is 6.92 Å². The van der Waals surface area contributed by atoms with Crippen LogP contribution < -0.4 is 10.2 Å². The van der Waals surface area contributed by atoms with E-state index in [4.69, 9.17) is 4.74 Å². The first-order valence-corrected chi connectivity index (χ1v) is 9.23. The molecule has 2 aliphatic heterocycles. The minimum atomic E-state index is -0.436. The molecule has 7 heteroatoms. The minimum absolute atomic E-state index is 0.312. The summed E-state index contributed by atoms with van der Waals surface area (Å²) in [6.07, 6.45) is 0. The van der Waals surface area contributed by atoms with Crippen molar-refractivity contribution in [1.82, 2.24) is 4.90 Å². The summed E-state index contributed by atoms with van der Waals surface area (Å²) in [5.41, 5.74) is 3.26. The molecule has 0 bridgehead atoms. The summed E-state index contributed by atoms with van der Waals surface area (Å²) in [6.45, 7) is 4.54. The van der Waals surface area contributed by atoms with Crippen molar-refractivity contribution < 1.29 is 19.1 Å². The van der Waals surface area contributed by atoms with Gasteiger partial charge >= 0.3 is 0 Å². The van der Waals surface area contributed by atoms with E-state index < -0.39 is 17.7 Å². The Hall–Kier alpha value is -3.19. The number of nitrogens with zero attached hydrogens (tertiary/aromatic N) is 2. The van der Waals surface area contributed by atoms with Crippen LogP contribution in [0.15, 0.2) is 42.5 Å². The molecule has 4 rings (SSSR count). The second-order valence-corrected chi connectivity index (χ2v) is 6.89. The normalized spacial score (nSPS) is 16.3. The van der Waals surface area contributed by atoms with Crippen LogP contribution in [0.25, 0.3) is 0 Å². The maximum Gasteiger partial charge on any atom is 0.262 e. The van der Waals surface area contributed by atoms with Gasteiger partial charge in [-0.3, -0.25) is 19.3 Å². The average Bonchev–Trinajstić information content (AvgIpc) is 2.95. The lowest BCUT2D eigenvalue weighted by Crippen LogP contribution is -2.37. The minimum Gasteiger partial charge on any atom is -0.378 e. The van der Waals surface area contributed by atoms with Crippen molar-refractivity contribution in [2.24, 2.45) is 0 Å². The smallest absolute Gasteiger partial charge is 0.262 e. The first-order valence-electron chi connectivity index (χ1n) is 9.23. The Bertz CT molecular complexity index is 915. The number of morpholine rings is 1. The number of hydrogen-bond donors (Lipinski definition) is 1. The van der Waals surface area contributed by atoms with Gasteiger partial charge in [0.05, 0.1) is 24.3 Å². The molecule has 1 saturated heterocycles. The first kappa shape index (κ1) is 18.2. The topological polar surface area (TPSA) is 79.0 Å². The zero-order valence-corrected chi connectivity index (χ0v) is 15.6. The standard InChI is InChI=1S/C21H21N3O4/c1-14-6-7-15(23-8-10-28-11-9-23)12-18(14)22-19(25)13-24-20(26)16-4-2-3-5-17(16)21(24)27/h2-7,12H,8-11,13H2,1H3,(H,22,25). The largest absolute Gasteiger partial charge is 0.378 e. The molecule has 0 aromatic heterocycles. The summed E-state index contributed by atoms with van der Waals surface area (Å²) < 4.78 is 5.38. The summed E-state index contributed by atoms with van der Waals surface area (Å²) in [5, 5.41) is 2.84. The molecule has 0 spiro atoms. The molecule has 0 saturated carbocycles. The second-order valence-electron chi connectivity index (χ2n) is 6.89. The van der Waals surface area contributed by atoms with E-state index in [1.54, 1.807) is 24.3 Å². The number of fused-ring (bicyclic) bond motifs is 1. The van der Waals surface area contributed by atoms with Crippen LogP contribution in [-0.2, 0) is 9.53 Å². The maximum atomic E-state index is 12.6. The van der Waals surface area contributed by atoms with Gasteiger partial charge in [0.15, 0.2) is 0 Å². The molecule has 7 nitrogen and oxygen atoms in total. The molecule has 2 heterocycles. The first-order chi connectivity index (χ1) is 13.5. The predicted molar refractivity (Wildman–Crippen MR) is 105 cm³/mol. The number of hydrogen-bond acceptors (Lipinski definition) is 5.